The van der Waals surface area contributed by atoms with Crippen molar-refractivity contribution in [2.45, 2.75) is 44.7 Å². The lowest BCUT2D eigenvalue weighted by Gasteiger charge is -2.31. The number of thiazole rings is 1. The summed E-state index contributed by atoms with van der Waals surface area (Å²) < 4.78 is 60.1. The van der Waals surface area contributed by atoms with E-state index in [2.05, 4.69) is 15.6 Å². The number of benzene rings is 1. The van der Waals surface area contributed by atoms with E-state index < -0.39 is 33.0 Å². The minimum atomic E-state index is -3.36. The third-order valence-corrected chi connectivity index (χ3v) is 9.05. The van der Waals surface area contributed by atoms with Crippen LogP contribution in [0.15, 0.2) is 18.2 Å². The number of halogens is 2. The summed E-state index contributed by atoms with van der Waals surface area (Å²) in [6, 6.07) is 3.33. The van der Waals surface area contributed by atoms with E-state index in [-0.39, 0.29) is 28.5 Å². The molecule has 1 fully saturated rings. The van der Waals surface area contributed by atoms with E-state index in [1.54, 1.807) is 7.11 Å². The molecule has 1 aliphatic rings. The Hall–Kier alpha value is -2.19. The van der Waals surface area contributed by atoms with Crippen LogP contribution in [0.2, 0.25) is 0 Å². The predicted molar refractivity (Wildman–Crippen MR) is 137 cm³/mol. The molecule has 9 nitrogen and oxygen atoms in total. The molecule has 0 spiro atoms. The highest BCUT2D eigenvalue weighted by Gasteiger charge is 2.29. The Morgan fingerprint density at radius 1 is 1.31 bits per heavy atom. The molecule has 1 aliphatic heterocycles. The second kappa shape index (κ2) is 12.9. The molecule has 200 valence electrons. The van der Waals surface area contributed by atoms with Crippen molar-refractivity contribution in [3.05, 3.63) is 40.3 Å². The minimum absolute atomic E-state index is 0.0501. The van der Waals surface area contributed by atoms with Gasteiger partial charge in [-0.25, -0.2) is 26.5 Å². The van der Waals surface area contributed by atoms with E-state index in [9.17, 15) is 22.0 Å². The number of hydrogen-bond donors (Lipinski definition) is 3. The lowest BCUT2D eigenvalue weighted by atomic mass is 10.1. The number of methoxy groups -OCH3 is 1. The SMILES string of the molecule is CCC(COC)NCCCS(=O)(=O)N1CCC(Nc2nc(N)c(C(=O)c3c(F)cccc3F)s2)CC1. The third-order valence-electron chi connectivity index (χ3n) is 6.10. The van der Waals surface area contributed by atoms with Gasteiger partial charge in [0.25, 0.3) is 0 Å². The lowest BCUT2D eigenvalue weighted by Crippen LogP contribution is -2.43. The van der Waals surface area contributed by atoms with Gasteiger partial charge in [0.2, 0.25) is 15.8 Å². The first kappa shape index (κ1) is 28.4. The molecule has 1 saturated heterocycles. The van der Waals surface area contributed by atoms with Crippen molar-refractivity contribution in [3.8, 4) is 0 Å². The normalized spacial score (nSPS) is 16.2. The smallest absolute Gasteiger partial charge is 0.214 e. The van der Waals surface area contributed by atoms with Crippen LogP contribution in [-0.2, 0) is 14.8 Å². The van der Waals surface area contributed by atoms with E-state index in [4.69, 9.17) is 10.5 Å². The maximum atomic E-state index is 14.0. The molecule has 0 amide bonds. The van der Waals surface area contributed by atoms with E-state index in [0.29, 0.717) is 50.6 Å². The third kappa shape index (κ3) is 7.19. The van der Waals surface area contributed by atoms with Crippen LogP contribution in [0.25, 0.3) is 0 Å². The largest absolute Gasteiger partial charge is 0.383 e. The van der Waals surface area contributed by atoms with Crippen LogP contribution in [0.3, 0.4) is 0 Å². The van der Waals surface area contributed by atoms with Gasteiger partial charge in [-0.05, 0) is 44.4 Å². The molecule has 3 rings (SSSR count). The fourth-order valence-corrected chi connectivity index (χ4v) is 6.49. The highest BCUT2D eigenvalue weighted by Crippen LogP contribution is 2.30. The van der Waals surface area contributed by atoms with Gasteiger partial charge >= 0.3 is 0 Å². The molecular formula is C23H33F2N5O4S2. The molecule has 4 N–H and O–H groups in total. The van der Waals surface area contributed by atoms with Gasteiger partial charge in [-0.3, -0.25) is 4.79 Å². The highest BCUT2D eigenvalue weighted by molar-refractivity contribution is 7.89. The van der Waals surface area contributed by atoms with Gasteiger partial charge in [-0.2, -0.15) is 0 Å². The zero-order valence-electron chi connectivity index (χ0n) is 20.4. The lowest BCUT2D eigenvalue weighted by molar-refractivity contribution is 0.103. The molecule has 1 aromatic carbocycles. The minimum Gasteiger partial charge on any atom is -0.383 e. The van der Waals surface area contributed by atoms with Crippen molar-refractivity contribution in [1.29, 1.82) is 0 Å². The second-order valence-electron chi connectivity index (χ2n) is 8.66. The number of ether oxygens (including phenoxy) is 1. The van der Waals surface area contributed by atoms with Gasteiger partial charge in [0, 0.05) is 32.3 Å². The van der Waals surface area contributed by atoms with Crippen LogP contribution < -0.4 is 16.4 Å². The van der Waals surface area contributed by atoms with E-state index in [0.717, 1.165) is 29.9 Å². The van der Waals surface area contributed by atoms with Gasteiger partial charge in [0.05, 0.1) is 17.9 Å². The highest BCUT2D eigenvalue weighted by atomic mass is 32.2. The fourth-order valence-electron chi connectivity index (χ4n) is 4.05. The van der Waals surface area contributed by atoms with Crippen LogP contribution in [0, 0.1) is 11.6 Å². The first-order chi connectivity index (χ1) is 17.2. The van der Waals surface area contributed by atoms with E-state index in [1.807, 2.05) is 6.92 Å². The number of nitrogens with one attached hydrogen (secondary N) is 2. The number of carbonyl (C=O) groups is 1. The molecule has 0 saturated carbocycles. The fraction of sp³-hybridized carbons (Fsp3) is 0.565. The summed E-state index contributed by atoms with van der Waals surface area (Å²) in [5, 5.41) is 6.84. The van der Waals surface area contributed by atoms with Gasteiger partial charge in [0.1, 0.15) is 22.3 Å². The Bertz CT molecular complexity index is 1120. The average molecular weight is 546 g/mol. The molecule has 13 heteroatoms. The Morgan fingerprint density at radius 3 is 2.58 bits per heavy atom. The number of rotatable bonds is 13. The van der Waals surface area contributed by atoms with Crippen molar-refractivity contribution in [1.82, 2.24) is 14.6 Å². The molecular weight excluding hydrogens is 512 g/mol. The zero-order valence-corrected chi connectivity index (χ0v) is 22.1. The number of anilines is 2. The number of carbonyl (C=O) groups excluding carboxylic acids is 1. The summed E-state index contributed by atoms with van der Waals surface area (Å²) in [4.78, 5) is 16.7. The summed E-state index contributed by atoms with van der Waals surface area (Å²) in [5.74, 6) is -2.84. The molecule has 36 heavy (non-hydrogen) atoms. The van der Waals surface area contributed by atoms with Gasteiger partial charge in [-0.1, -0.05) is 24.3 Å². The van der Waals surface area contributed by atoms with Crippen LogP contribution in [0.1, 0.15) is 47.8 Å². The van der Waals surface area contributed by atoms with E-state index in [1.165, 1.54) is 10.4 Å². The van der Waals surface area contributed by atoms with Gasteiger partial charge < -0.3 is 21.1 Å². The second-order valence-corrected chi connectivity index (χ2v) is 11.7. The number of nitrogens with zero attached hydrogens (tertiary/aromatic N) is 2. The van der Waals surface area contributed by atoms with Gasteiger partial charge in [-0.15, -0.1) is 0 Å². The van der Waals surface area contributed by atoms with E-state index >= 15 is 0 Å². The summed E-state index contributed by atoms with van der Waals surface area (Å²) in [5.41, 5.74) is 5.19. The van der Waals surface area contributed by atoms with Crippen molar-refractivity contribution < 1.29 is 26.7 Å². The molecule has 0 aliphatic carbocycles. The first-order valence-corrected chi connectivity index (χ1v) is 14.3. The quantitative estimate of drug-likeness (QED) is 0.259. The molecule has 2 heterocycles. The van der Waals surface area contributed by atoms with Crippen molar-refractivity contribution >= 4 is 38.1 Å². The Labute approximate surface area is 214 Å². The molecule has 0 radical (unpaired) electrons. The zero-order chi connectivity index (χ0) is 26.3. The summed E-state index contributed by atoms with van der Waals surface area (Å²) in [7, 11) is -1.72. The first-order valence-electron chi connectivity index (χ1n) is 11.9. The molecule has 0 bridgehead atoms. The number of ketones is 1. The maximum Gasteiger partial charge on any atom is 0.214 e. The number of aromatic nitrogens is 1. The van der Waals surface area contributed by atoms with Crippen LogP contribution in [0.4, 0.5) is 19.7 Å². The molecule has 1 atom stereocenters. The number of sulfonamides is 1. The van der Waals surface area contributed by atoms with Crippen molar-refractivity contribution in [2.24, 2.45) is 0 Å². The Balaban J connectivity index is 1.51. The topological polar surface area (TPSA) is 127 Å². The monoisotopic (exact) mass is 545 g/mol. The van der Waals surface area contributed by atoms with Crippen molar-refractivity contribution in [3.63, 3.8) is 0 Å². The Kier molecular flexibility index (Phi) is 10.1. The molecule has 2 aromatic rings. The average Bonchev–Trinajstić information content (AvgIpc) is 3.21. The van der Waals surface area contributed by atoms with Crippen molar-refractivity contribution in [2.75, 3.05) is 50.2 Å². The molecule has 1 unspecified atom stereocenters. The summed E-state index contributed by atoms with van der Waals surface area (Å²) in [6.07, 6.45) is 2.52. The Morgan fingerprint density at radius 2 is 1.97 bits per heavy atom. The standard InChI is InChI=1S/C23H33F2N5O4S2/c1-3-15(14-34-2)27-10-5-13-36(32,33)30-11-8-16(9-12-30)28-23-29-22(26)21(35-23)20(31)19-17(24)6-4-7-18(19)25/h4,6-7,15-16,27H,3,5,8-14,26H2,1-2H3,(H,28,29). The number of nitrogens with two attached hydrogens (primary N) is 1. The number of hydrogen-bond acceptors (Lipinski definition) is 9. The van der Waals surface area contributed by atoms with Crippen LogP contribution in [-0.4, -0.2) is 74.7 Å². The maximum absolute atomic E-state index is 14.0. The van der Waals surface area contributed by atoms with Gasteiger partial charge in [0.15, 0.2) is 5.13 Å². The number of nitrogen functional groups attached to an aromatic ring is 1. The molecule has 1 aromatic heterocycles. The van der Waals surface area contributed by atoms with Crippen LogP contribution >= 0.6 is 11.3 Å². The summed E-state index contributed by atoms with van der Waals surface area (Å²) >= 11 is 0.923. The predicted octanol–water partition coefficient (Wildman–Crippen LogP) is 2.85. The number of piperidine rings is 1. The summed E-state index contributed by atoms with van der Waals surface area (Å²) in [6.45, 7) is 3.96. The van der Waals surface area contributed by atoms with Crippen LogP contribution in [0.5, 0.6) is 0 Å².